The quantitative estimate of drug-likeness (QED) is 0.160. The maximum atomic E-state index is 5.81. The highest BCUT2D eigenvalue weighted by atomic mass is 15.2. The lowest BCUT2D eigenvalue weighted by Gasteiger charge is -2.41. The van der Waals surface area contributed by atoms with Crippen molar-refractivity contribution < 1.29 is 0 Å². The molecule has 1 aliphatic heterocycles. The first-order valence-electron chi connectivity index (χ1n) is 25.3. The highest BCUT2D eigenvalue weighted by Gasteiger charge is 2.38. The first kappa shape index (κ1) is 42.0. The normalized spacial score (nSPS) is 13.1. The molecule has 0 saturated heterocycles. The summed E-state index contributed by atoms with van der Waals surface area (Å²) in [5, 5.41) is 7.11. The van der Waals surface area contributed by atoms with Crippen molar-refractivity contribution in [2.45, 2.75) is 19.3 Å². The molecule has 350 valence electrons. The van der Waals surface area contributed by atoms with Crippen LogP contribution < -0.4 is 9.80 Å². The third kappa shape index (κ3) is 6.20. The Kier molecular flexibility index (Phi) is 9.17. The van der Waals surface area contributed by atoms with Gasteiger partial charge in [0, 0.05) is 78.8 Å². The van der Waals surface area contributed by atoms with Gasteiger partial charge < -0.3 is 14.0 Å². The molecular weight excluding hydrogens is 903 g/mol. The van der Waals surface area contributed by atoms with Crippen LogP contribution in [0.25, 0.3) is 82.6 Å². The maximum absolute atomic E-state index is 5.81. The molecule has 0 saturated carbocycles. The van der Waals surface area contributed by atoms with Crippen LogP contribution >= 0.6 is 0 Å². The summed E-state index contributed by atoms with van der Waals surface area (Å²) in [7, 11) is 0. The second kappa shape index (κ2) is 16.2. The van der Waals surface area contributed by atoms with E-state index in [2.05, 4.69) is 274 Å². The van der Waals surface area contributed by atoms with Gasteiger partial charge in [-0.3, -0.25) is 14.5 Å². The second-order valence-electron chi connectivity index (χ2n) is 19.9. The van der Waals surface area contributed by atoms with E-state index in [1.54, 1.807) is 0 Å². The second-order valence-corrected chi connectivity index (χ2v) is 19.9. The van der Waals surface area contributed by atoms with Crippen LogP contribution in [0.3, 0.4) is 0 Å². The molecule has 0 aliphatic carbocycles. The van der Waals surface area contributed by atoms with Crippen LogP contribution in [0.2, 0.25) is 0 Å². The first-order valence-corrected chi connectivity index (χ1v) is 25.3. The fourth-order valence-corrected chi connectivity index (χ4v) is 12.2. The van der Waals surface area contributed by atoms with E-state index in [0.29, 0.717) is 0 Å². The number of aromatic nitrogens is 5. The Morgan fingerprint density at radius 1 is 0.351 bits per heavy atom. The lowest BCUT2D eigenvalue weighted by atomic mass is 9.74. The van der Waals surface area contributed by atoms with Gasteiger partial charge in [-0.1, -0.05) is 141 Å². The SMILES string of the molecule is CC1(C)c2ccccc2N(c2cc(-n3c4ccccc4c4cc(N(c5ccccc5)c5ccccc5)ccc43)cc(-n3c4ccccc4c4cc(-n5c6ccccc6c6ccccc65)ccc43)n2)c2cnccc21. The number of nitrogens with zero attached hydrogens (tertiary/aromatic N) is 7. The van der Waals surface area contributed by atoms with Gasteiger partial charge in [-0.25, -0.2) is 4.98 Å². The molecule has 5 aromatic heterocycles. The van der Waals surface area contributed by atoms with Gasteiger partial charge in [0.15, 0.2) is 0 Å². The van der Waals surface area contributed by atoms with Crippen LogP contribution in [-0.2, 0) is 5.41 Å². The fraction of sp³-hybridized carbons (Fsp3) is 0.0448. The van der Waals surface area contributed by atoms with Gasteiger partial charge in [0.1, 0.15) is 11.6 Å². The summed E-state index contributed by atoms with van der Waals surface area (Å²) in [6.07, 6.45) is 3.92. The van der Waals surface area contributed by atoms with E-state index in [1.165, 1.54) is 38.3 Å². The first-order chi connectivity index (χ1) is 36.5. The molecular formula is C67H47N7. The van der Waals surface area contributed by atoms with Crippen molar-refractivity contribution >= 4 is 99.7 Å². The number of anilines is 6. The van der Waals surface area contributed by atoms with Crippen LogP contribution in [-0.4, -0.2) is 23.7 Å². The van der Waals surface area contributed by atoms with Crippen LogP contribution in [0.1, 0.15) is 25.0 Å². The Morgan fingerprint density at radius 2 is 0.824 bits per heavy atom. The Morgan fingerprint density at radius 3 is 1.47 bits per heavy atom. The summed E-state index contributed by atoms with van der Waals surface area (Å²) >= 11 is 0. The molecule has 6 heterocycles. The summed E-state index contributed by atoms with van der Waals surface area (Å²) in [6, 6.07) is 85.6. The average molecular weight is 950 g/mol. The van der Waals surface area contributed by atoms with Crippen LogP contribution in [0, 0.1) is 0 Å². The van der Waals surface area contributed by atoms with Crippen molar-refractivity contribution in [1.82, 2.24) is 23.7 Å². The minimum absolute atomic E-state index is 0.273. The number of benzene rings is 9. The number of para-hydroxylation sites is 7. The Labute approximate surface area is 427 Å². The van der Waals surface area contributed by atoms with Crippen molar-refractivity contribution in [1.29, 1.82) is 0 Å². The number of hydrogen-bond acceptors (Lipinski definition) is 4. The predicted molar refractivity (Wildman–Crippen MR) is 307 cm³/mol. The van der Waals surface area contributed by atoms with Crippen molar-refractivity contribution in [3.63, 3.8) is 0 Å². The molecule has 0 N–H and O–H groups in total. The number of fused-ring (bicyclic) bond motifs is 11. The highest BCUT2D eigenvalue weighted by molar-refractivity contribution is 6.13. The lowest BCUT2D eigenvalue weighted by molar-refractivity contribution is 0.630. The van der Waals surface area contributed by atoms with Gasteiger partial charge in [0.25, 0.3) is 0 Å². The van der Waals surface area contributed by atoms with Crippen LogP contribution in [0.5, 0.6) is 0 Å². The average Bonchev–Trinajstić information content (AvgIpc) is 4.09. The largest absolute Gasteiger partial charge is 0.310 e. The molecule has 0 radical (unpaired) electrons. The van der Waals surface area contributed by atoms with E-state index in [9.17, 15) is 0 Å². The van der Waals surface area contributed by atoms with Gasteiger partial charge >= 0.3 is 0 Å². The molecule has 9 aromatic carbocycles. The van der Waals surface area contributed by atoms with Gasteiger partial charge in [-0.2, -0.15) is 0 Å². The molecule has 0 atom stereocenters. The molecule has 7 nitrogen and oxygen atoms in total. The van der Waals surface area contributed by atoms with Crippen molar-refractivity contribution in [3.8, 4) is 17.2 Å². The Balaban J connectivity index is 1.00. The lowest BCUT2D eigenvalue weighted by Crippen LogP contribution is -2.31. The van der Waals surface area contributed by atoms with E-state index >= 15 is 0 Å². The van der Waals surface area contributed by atoms with Crippen molar-refractivity contribution in [2.75, 3.05) is 9.80 Å². The molecule has 0 unspecified atom stereocenters. The summed E-state index contributed by atoms with van der Waals surface area (Å²) in [4.78, 5) is 15.2. The predicted octanol–water partition coefficient (Wildman–Crippen LogP) is 17.3. The van der Waals surface area contributed by atoms with E-state index in [-0.39, 0.29) is 5.41 Å². The minimum Gasteiger partial charge on any atom is -0.310 e. The van der Waals surface area contributed by atoms with E-state index < -0.39 is 0 Å². The van der Waals surface area contributed by atoms with Crippen molar-refractivity contribution in [3.05, 3.63) is 260 Å². The summed E-state index contributed by atoms with van der Waals surface area (Å²) < 4.78 is 7.19. The smallest absolute Gasteiger partial charge is 0.142 e. The molecule has 1 aliphatic rings. The van der Waals surface area contributed by atoms with E-state index in [1.807, 2.05) is 12.4 Å². The standard InChI is InChI=1S/C67H47N7/c1-67(2)55-27-13-18-32-63(55)74(64-43-68-38-37-56(64)67)66-42-48(72-59-30-16-11-25-51(59)53-39-46(33-35-61(53)72)70(44-19-5-3-6-20-44)45-21-7-4-8-22-45)41-65(69-66)73-60-31-17-12-26-52(60)54-40-47(34-36-62(54)73)71-57-28-14-9-23-49(57)50-24-10-15-29-58(50)71/h3-43H,1-2H3. The molecule has 74 heavy (non-hydrogen) atoms. The molecule has 0 fully saturated rings. The minimum atomic E-state index is -0.273. The van der Waals surface area contributed by atoms with Gasteiger partial charge in [0.05, 0.1) is 56.4 Å². The molecule has 0 bridgehead atoms. The van der Waals surface area contributed by atoms with Gasteiger partial charge in [-0.15, -0.1) is 0 Å². The molecule has 0 amide bonds. The molecule has 0 spiro atoms. The molecule has 7 heteroatoms. The molecule has 14 aromatic rings. The third-order valence-electron chi connectivity index (χ3n) is 15.5. The van der Waals surface area contributed by atoms with Gasteiger partial charge in [0.2, 0.25) is 0 Å². The zero-order valence-corrected chi connectivity index (χ0v) is 40.8. The topological polar surface area (TPSA) is 47.0 Å². The van der Waals surface area contributed by atoms with E-state index in [0.717, 1.165) is 89.7 Å². The zero-order chi connectivity index (χ0) is 49.1. The van der Waals surface area contributed by atoms with Crippen molar-refractivity contribution in [2.24, 2.45) is 0 Å². The van der Waals surface area contributed by atoms with Gasteiger partial charge in [-0.05, 0) is 108 Å². The van der Waals surface area contributed by atoms with Crippen LogP contribution in [0.4, 0.5) is 34.3 Å². The maximum Gasteiger partial charge on any atom is 0.142 e. The third-order valence-corrected chi connectivity index (χ3v) is 15.5. The van der Waals surface area contributed by atoms with Crippen LogP contribution in [0.15, 0.2) is 249 Å². The number of hydrogen-bond donors (Lipinski definition) is 0. The number of rotatable bonds is 7. The summed E-state index contributed by atoms with van der Waals surface area (Å²) in [5.41, 5.74) is 16.3. The highest BCUT2D eigenvalue weighted by Crippen LogP contribution is 2.52. The monoisotopic (exact) mass is 949 g/mol. The number of pyridine rings is 2. The summed E-state index contributed by atoms with van der Waals surface area (Å²) in [6.45, 7) is 4.62. The Bertz CT molecular complexity index is 4400. The molecule has 15 rings (SSSR count). The Hall–Kier alpha value is -9.72. The van der Waals surface area contributed by atoms with E-state index in [4.69, 9.17) is 9.97 Å². The zero-order valence-electron chi connectivity index (χ0n) is 40.8. The summed E-state index contributed by atoms with van der Waals surface area (Å²) in [5.74, 6) is 1.60. The fourth-order valence-electron chi connectivity index (χ4n) is 12.2.